The molecule has 0 aliphatic carbocycles. The first-order chi connectivity index (χ1) is 14.6. The van der Waals surface area contributed by atoms with Crippen molar-refractivity contribution in [3.05, 3.63) is 64.6 Å². The molecule has 1 amide bonds. The molecule has 9 nitrogen and oxygen atoms in total. The smallest absolute Gasteiger partial charge is 0.247 e. The van der Waals surface area contributed by atoms with Gasteiger partial charge in [0.2, 0.25) is 11.5 Å². The van der Waals surface area contributed by atoms with Gasteiger partial charge in [-0.2, -0.15) is 5.10 Å². The average molecular weight is 405 g/mol. The number of amides is 1. The Balaban J connectivity index is 1.32. The van der Waals surface area contributed by atoms with Gasteiger partial charge in [-0.15, -0.1) is 0 Å². The molecule has 0 atom stereocenters. The molecular weight excluding hydrogens is 382 g/mol. The van der Waals surface area contributed by atoms with Crippen molar-refractivity contribution in [2.45, 2.75) is 37.9 Å². The summed E-state index contributed by atoms with van der Waals surface area (Å²) in [7, 11) is 0. The van der Waals surface area contributed by atoms with Crippen molar-refractivity contribution in [2.24, 2.45) is 0 Å². The van der Waals surface area contributed by atoms with Crippen LogP contribution in [-0.2, 0) is 24.3 Å². The van der Waals surface area contributed by atoms with Gasteiger partial charge in [-0.1, -0.05) is 6.07 Å². The average Bonchev–Trinajstić information content (AvgIpc) is 3.08. The number of pyridine rings is 2. The number of nitrogens with one attached hydrogen (secondary N) is 2. The van der Waals surface area contributed by atoms with Crippen molar-refractivity contribution >= 4 is 5.91 Å². The molecule has 0 aromatic carbocycles. The topological polar surface area (TPSA) is 109 Å². The predicted molar refractivity (Wildman–Crippen MR) is 109 cm³/mol. The molecule has 2 aliphatic rings. The number of carbonyl (C=O) groups is 1. The van der Waals surface area contributed by atoms with E-state index in [1.54, 1.807) is 29.3 Å². The Labute approximate surface area is 173 Å². The summed E-state index contributed by atoms with van der Waals surface area (Å²) in [6.45, 7) is 2.69. The number of likely N-dealkylation sites (tertiary alicyclic amines) is 1. The Morgan fingerprint density at radius 2 is 2.00 bits per heavy atom. The molecule has 5 rings (SSSR count). The van der Waals surface area contributed by atoms with E-state index in [0.717, 1.165) is 49.4 Å². The van der Waals surface area contributed by atoms with Crippen LogP contribution in [-0.4, -0.2) is 54.2 Å². The Morgan fingerprint density at radius 3 is 2.73 bits per heavy atom. The largest absolute Gasteiger partial charge is 0.349 e. The highest BCUT2D eigenvalue weighted by molar-refractivity contribution is 5.77. The molecular formula is C21H23N7O2. The first kappa shape index (κ1) is 18.7. The van der Waals surface area contributed by atoms with E-state index < -0.39 is 0 Å². The predicted octanol–water partition coefficient (Wildman–Crippen LogP) is 0.736. The SMILES string of the molecule is O=C1Cn2nc(-c3cccnc3)nc2CC2(CCN(Cc3ccc(=O)[nH]c3)CC2)N1. The number of hydrogen-bond acceptors (Lipinski definition) is 6. The van der Waals surface area contributed by atoms with Crippen molar-refractivity contribution in [2.75, 3.05) is 13.1 Å². The van der Waals surface area contributed by atoms with Crippen LogP contribution < -0.4 is 10.9 Å². The number of carbonyl (C=O) groups excluding carboxylic acids is 1. The van der Waals surface area contributed by atoms with Crippen LogP contribution in [0.5, 0.6) is 0 Å². The van der Waals surface area contributed by atoms with E-state index in [2.05, 4.69) is 25.3 Å². The number of aromatic amines is 1. The summed E-state index contributed by atoms with van der Waals surface area (Å²) in [5.74, 6) is 1.42. The summed E-state index contributed by atoms with van der Waals surface area (Å²) in [6.07, 6.45) is 7.57. The fourth-order valence-corrected chi connectivity index (χ4v) is 4.31. The van der Waals surface area contributed by atoms with Crippen LogP contribution in [0.25, 0.3) is 11.4 Å². The van der Waals surface area contributed by atoms with Crippen LogP contribution in [0.1, 0.15) is 24.2 Å². The quantitative estimate of drug-likeness (QED) is 0.665. The number of piperidine rings is 1. The van der Waals surface area contributed by atoms with Gasteiger partial charge in [0.05, 0.1) is 0 Å². The Hall–Kier alpha value is -3.33. The van der Waals surface area contributed by atoms with Crippen LogP contribution in [0.3, 0.4) is 0 Å². The van der Waals surface area contributed by atoms with Crippen molar-refractivity contribution in [3.63, 3.8) is 0 Å². The first-order valence-corrected chi connectivity index (χ1v) is 10.1. The second-order valence-corrected chi connectivity index (χ2v) is 8.09. The molecule has 5 heterocycles. The standard InChI is InChI=1S/C21H23N7O2/c29-18-4-3-15(11-23-18)13-27-8-5-21(6-9-27)10-17-24-20(16-2-1-7-22-12-16)26-28(17)14-19(30)25-21/h1-4,7,11-12H,5-6,8-10,13-14H2,(H,23,29)(H,25,30). The van der Waals surface area contributed by atoms with Crippen LogP contribution in [0.4, 0.5) is 0 Å². The van der Waals surface area contributed by atoms with Crippen LogP contribution >= 0.6 is 0 Å². The third-order valence-electron chi connectivity index (χ3n) is 5.93. The minimum absolute atomic E-state index is 0.0227. The molecule has 0 saturated carbocycles. The number of rotatable bonds is 3. The monoisotopic (exact) mass is 405 g/mol. The van der Waals surface area contributed by atoms with E-state index >= 15 is 0 Å². The van der Waals surface area contributed by atoms with E-state index in [4.69, 9.17) is 4.98 Å². The maximum atomic E-state index is 12.6. The molecule has 2 N–H and O–H groups in total. The normalized spacial score (nSPS) is 18.6. The second kappa shape index (κ2) is 7.49. The van der Waals surface area contributed by atoms with Gasteiger partial charge in [-0.25, -0.2) is 9.67 Å². The second-order valence-electron chi connectivity index (χ2n) is 8.09. The summed E-state index contributed by atoms with van der Waals surface area (Å²) >= 11 is 0. The van der Waals surface area contributed by atoms with E-state index in [-0.39, 0.29) is 23.6 Å². The molecule has 1 saturated heterocycles. The summed E-state index contributed by atoms with van der Waals surface area (Å²) in [4.78, 5) is 37.8. The molecule has 3 aromatic rings. The van der Waals surface area contributed by atoms with Gasteiger partial charge in [0.1, 0.15) is 12.4 Å². The van der Waals surface area contributed by atoms with Gasteiger partial charge >= 0.3 is 0 Å². The summed E-state index contributed by atoms with van der Waals surface area (Å²) in [6, 6.07) is 7.19. The maximum absolute atomic E-state index is 12.6. The lowest BCUT2D eigenvalue weighted by molar-refractivity contribution is -0.123. The number of fused-ring (bicyclic) bond motifs is 1. The van der Waals surface area contributed by atoms with Gasteiger partial charge in [-0.3, -0.25) is 19.5 Å². The van der Waals surface area contributed by atoms with Crippen LogP contribution in [0.2, 0.25) is 0 Å². The highest BCUT2D eigenvalue weighted by Crippen LogP contribution is 2.29. The van der Waals surface area contributed by atoms with Gasteiger partial charge in [0, 0.05) is 61.8 Å². The number of H-pyrrole nitrogens is 1. The van der Waals surface area contributed by atoms with Gasteiger partial charge in [0.15, 0.2) is 5.82 Å². The summed E-state index contributed by atoms with van der Waals surface area (Å²) in [5.41, 5.74) is 1.54. The van der Waals surface area contributed by atoms with Gasteiger partial charge < -0.3 is 10.3 Å². The molecule has 2 aliphatic heterocycles. The maximum Gasteiger partial charge on any atom is 0.247 e. The van der Waals surface area contributed by atoms with E-state index in [1.807, 2.05) is 18.2 Å². The van der Waals surface area contributed by atoms with E-state index in [0.29, 0.717) is 12.2 Å². The fourth-order valence-electron chi connectivity index (χ4n) is 4.31. The van der Waals surface area contributed by atoms with E-state index in [1.165, 1.54) is 0 Å². The zero-order chi connectivity index (χ0) is 20.6. The highest BCUT2D eigenvalue weighted by atomic mass is 16.2. The number of nitrogens with zero attached hydrogens (tertiary/aromatic N) is 5. The first-order valence-electron chi connectivity index (χ1n) is 10.1. The highest BCUT2D eigenvalue weighted by Gasteiger charge is 2.39. The van der Waals surface area contributed by atoms with Crippen molar-refractivity contribution < 1.29 is 4.79 Å². The number of hydrogen-bond donors (Lipinski definition) is 2. The Bertz CT molecular complexity index is 1090. The third kappa shape index (κ3) is 3.76. The van der Waals surface area contributed by atoms with Crippen molar-refractivity contribution in [3.8, 4) is 11.4 Å². The number of aromatic nitrogens is 5. The fraction of sp³-hybridized carbons (Fsp3) is 0.381. The molecule has 0 bridgehead atoms. The minimum atomic E-state index is -0.300. The summed E-state index contributed by atoms with van der Waals surface area (Å²) in [5, 5.41) is 7.80. The summed E-state index contributed by atoms with van der Waals surface area (Å²) < 4.78 is 1.72. The molecule has 0 radical (unpaired) electrons. The molecule has 3 aromatic heterocycles. The zero-order valence-electron chi connectivity index (χ0n) is 16.5. The molecule has 1 spiro atoms. The molecule has 154 valence electrons. The van der Waals surface area contributed by atoms with Crippen LogP contribution in [0.15, 0.2) is 47.7 Å². The van der Waals surface area contributed by atoms with Crippen LogP contribution in [0, 0.1) is 0 Å². The van der Waals surface area contributed by atoms with Crippen molar-refractivity contribution in [1.29, 1.82) is 0 Å². The Kier molecular flexibility index (Phi) is 4.66. The molecule has 9 heteroatoms. The lowest BCUT2D eigenvalue weighted by Gasteiger charge is -2.41. The molecule has 0 unspecified atom stereocenters. The minimum Gasteiger partial charge on any atom is -0.349 e. The molecule has 30 heavy (non-hydrogen) atoms. The van der Waals surface area contributed by atoms with E-state index in [9.17, 15) is 9.59 Å². The lowest BCUT2D eigenvalue weighted by atomic mass is 9.84. The van der Waals surface area contributed by atoms with Gasteiger partial charge in [-0.05, 0) is 30.5 Å². The van der Waals surface area contributed by atoms with Crippen molar-refractivity contribution in [1.82, 2.24) is 34.9 Å². The zero-order valence-corrected chi connectivity index (χ0v) is 16.5. The third-order valence-corrected chi connectivity index (χ3v) is 5.93. The lowest BCUT2D eigenvalue weighted by Crippen LogP contribution is -2.56. The molecule has 1 fully saturated rings. The Morgan fingerprint density at radius 1 is 1.13 bits per heavy atom. The van der Waals surface area contributed by atoms with Gasteiger partial charge in [0.25, 0.3) is 0 Å².